The molecule has 1 saturated carbocycles. The third kappa shape index (κ3) is 4.27. The molecule has 0 amide bonds. The Morgan fingerprint density at radius 3 is 2.80 bits per heavy atom. The Morgan fingerprint density at radius 2 is 2.10 bits per heavy atom. The standard InChI is InChI=1S/C16H24BrFN2/c1-12(15-11-13(17)7-8-16(15)18)19-9-10-20(2)14-5-3-4-6-14/h7-8,11-12,14,19H,3-6,9-10H2,1-2H3. The number of nitrogens with one attached hydrogen (secondary N) is 1. The SMILES string of the molecule is CC(NCCN(C)C1CCCC1)c1cc(Br)ccc1F. The van der Waals surface area contributed by atoms with Gasteiger partial charge in [-0.1, -0.05) is 28.8 Å². The van der Waals surface area contributed by atoms with E-state index >= 15 is 0 Å². The molecule has 0 aliphatic heterocycles. The highest BCUT2D eigenvalue weighted by molar-refractivity contribution is 9.10. The molecule has 0 radical (unpaired) electrons. The molecule has 1 unspecified atom stereocenters. The summed E-state index contributed by atoms with van der Waals surface area (Å²) in [5, 5.41) is 3.42. The number of likely N-dealkylation sites (N-methyl/N-ethyl adjacent to an activating group) is 1. The van der Waals surface area contributed by atoms with E-state index in [2.05, 4.69) is 33.2 Å². The van der Waals surface area contributed by atoms with E-state index in [9.17, 15) is 4.39 Å². The third-order valence-electron chi connectivity index (χ3n) is 4.29. The van der Waals surface area contributed by atoms with Crippen LogP contribution in [0.4, 0.5) is 4.39 Å². The van der Waals surface area contributed by atoms with E-state index in [1.165, 1.54) is 31.7 Å². The van der Waals surface area contributed by atoms with Gasteiger partial charge < -0.3 is 10.2 Å². The number of rotatable bonds is 6. The van der Waals surface area contributed by atoms with Crippen molar-refractivity contribution in [3.8, 4) is 0 Å². The van der Waals surface area contributed by atoms with E-state index in [0.29, 0.717) is 0 Å². The molecule has 0 heterocycles. The van der Waals surface area contributed by atoms with Crippen molar-refractivity contribution in [2.45, 2.75) is 44.7 Å². The van der Waals surface area contributed by atoms with Crippen molar-refractivity contribution in [3.63, 3.8) is 0 Å². The van der Waals surface area contributed by atoms with Crippen LogP contribution in [-0.2, 0) is 0 Å². The Balaban J connectivity index is 1.79. The summed E-state index contributed by atoms with van der Waals surface area (Å²) < 4.78 is 14.7. The minimum Gasteiger partial charge on any atom is -0.309 e. The first-order valence-corrected chi connectivity index (χ1v) is 8.26. The van der Waals surface area contributed by atoms with Crippen molar-refractivity contribution >= 4 is 15.9 Å². The average molecular weight is 343 g/mol. The fourth-order valence-electron chi connectivity index (χ4n) is 2.94. The largest absolute Gasteiger partial charge is 0.309 e. The smallest absolute Gasteiger partial charge is 0.128 e. The predicted molar refractivity (Wildman–Crippen MR) is 85.4 cm³/mol. The van der Waals surface area contributed by atoms with Gasteiger partial charge >= 0.3 is 0 Å². The van der Waals surface area contributed by atoms with Gasteiger partial charge in [-0.25, -0.2) is 4.39 Å². The summed E-state index contributed by atoms with van der Waals surface area (Å²) in [7, 11) is 2.20. The fraction of sp³-hybridized carbons (Fsp3) is 0.625. The Labute approximate surface area is 129 Å². The first-order valence-electron chi connectivity index (χ1n) is 7.46. The summed E-state index contributed by atoms with van der Waals surface area (Å²) in [5.74, 6) is -0.141. The maximum absolute atomic E-state index is 13.8. The Bertz CT molecular complexity index is 432. The molecule has 2 nitrogen and oxygen atoms in total. The second kappa shape index (κ2) is 7.53. The van der Waals surface area contributed by atoms with Gasteiger partial charge in [0, 0.05) is 35.2 Å². The maximum Gasteiger partial charge on any atom is 0.128 e. The van der Waals surface area contributed by atoms with Crippen molar-refractivity contribution in [3.05, 3.63) is 34.1 Å². The zero-order valence-electron chi connectivity index (χ0n) is 12.3. The van der Waals surface area contributed by atoms with Crippen LogP contribution in [0, 0.1) is 5.82 Å². The van der Waals surface area contributed by atoms with E-state index in [-0.39, 0.29) is 11.9 Å². The van der Waals surface area contributed by atoms with Crippen molar-refractivity contribution in [2.75, 3.05) is 20.1 Å². The fourth-order valence-corrected chi connectivity index (χ4v) is 3.32. The molecule has 0 aromatic heterocycles. The molecule has 1 fully saturated rings. The third-order valence-corrected chi connectivity index (χ3v) is 4.78. The molecule has 2 rings (SSSR count). The van der Waals surface area contributed by atoms with E-state index in [1.54, 1.807) is 6.07 Å². The van der Waals surface area contributed by atoms with Gasteiger partial charge in [-0.3, -0.25) is 0 Å². The van der Waals surface area contributed by atoms with Gasteiger partial charge in [0.05, 0.1) is 0 Å². The summed E-state index contributed by atoms with van der Waals surface area (Å²) >= 11 is 3.40. The molecule has 1 aliphatic carbocycles. The van der Waals surface area contributed by atoms with Gasteiger partial charge in [0.25, 0.3) is 0 Å². The number of benzene rings is 1. The van der Waals surface area contributed by atoms with Crippen molar-refractivity contribution in [1.29, 1.82) is 0 Å². The van der Waals surface area contributed by atoms with Gasteiger partial charge in [-0.05, 0) is 45.0 Å². The summed E-state index contributed by atoms with van der Waals surface area (Å²) in [5.41, 5.74) is 0.725. The van der Waals surface area contributed by atoms with Crippen LogP contribution < -0.4 is 5.32 Å². The zero-order valence-corrected chi connectivity index (χ0v) is 13.9. The average Bonchev–Trinajstić information content (AvgIpc) is 2.95. The molecule has 112 valence electrons. The van der Waals surface area contributed by atoms with Crippen LogP contribution in [-0.4, -0.2) is 31.1 Å². The molecule has 1 aromatic rings. The Hall–Kier alpha value is -0.450. The quantitative estimate of drug-likeness (QED) is 0.836. The highest BCUT2D eigenvalue weighted by Crippen LogP contribution is 2.23. The van der Waals surface area contributed by atoms with Gasteiger partial charge in [0.2, 0.25) is 0 Å². The Kier molecular flexibility index (Phi) is 6.00. The summed E-state index contributed by atoms with van der Waals surface area (Å²) in [6, 6.07) is 5.88. The Morgan fingerprint density at radius 1 is 1.40 bits per heavy atom. The van der Waals surface area contributed by atoms with Crippen LogP contribution in [0.5, 0.6) is 0 Å². The summed E-state index contributed by atoms with van der Waals surface area (Å²) in [6.45, 7) is 3.92. The van der Waals surface area contributed by atoms with Gasteiger partial charge in [0.1, 0.15) is 5.82 Å². The molecule has 4 heteroatoms. The van der Waals surface area contributed by atoms with Crippen molar-refractivity contribution in [2.24, 2.45) is 0 Å². The first kappa shape index (κ1) is 15.9. The minimum absolute atomic E-state index is 0.0319. The maximum atomic E-state index is 13.8. The van der Waals surface area contributed by atoms with Gasteiger partial charge in [0.15, 0.2) is 0 Å². The summed E-state index contributed by atoms with van der Waals surface area (Å²) in [4.78, 5) is 2.43. The topological polar surface area (TPSA) is 15.3 Å². The predicted octanol–water partition coefficient (Wildman–Crippen LogP) is 4.11. The molecule has 1 aliphatic rings. The highest BCUT2D eigenvalue weighted by Gasteiger charge is 2.19. The van der Waals surface area contributed by atoms with E-state index in [0.717, 1.165) is 29.2 Å². The monoisotopic (exact) mass is 342 g/mol. The van der Waals surface area contributed by atoms with Crippen molar-refractivity contribution < 1.29 is 4.39 Å². The molecule has 1 N–H and O–H groups in total. The van der Waals surface area contributed by atoms with Crippen LogP contribution in [0.2, 0.25) is 0 Å². The van der Waals surface area contributed by atoms with E-state index in [1.807, 2.05) is 13.0 Å². The van der Waals surface area contributed by atoms with Crippen molar-refractivity contribution in [1.82, 2.24) is 10.2 Å². The molecular weight excluding hydrogens is 319 g/mol. The molecule has 0 saturated heterocycles. The molecule has 1 aromatic carbocycles. The lowest BCUT2D eigenvalue weighted by atomic mass is 10.1. The molecule has 0 bridgehead atoms. The molecule has 1 atom stereocenters. The second-order valence-electron chi connectivity index (χ2n) is 5.76. The van der Waals surface area contributed by atoms with Gasteiger partial charge in [-0.15, -0.1) is 0 Å². The highest BCUT2D eigenvalue weighted by atomic mass is 79.9. The number of hydrogen-bond donors (Lipinski definition) is 1. The second-order valence-corrected chi connectivity index (χ2v) is 6.68. The number of nitrogens with zero attached hydrogens (tertiary/aromatic N) is 1. The van der Waals surface area contributed by atoms with Crippen LogP contribution in [0.25, 0.3) is 0 Å². The number of hydrogen-bond acceptors (Lipinski definition) is 2. The lowest BCUT2D eigenvalue weighted by Gasteiger charge is -2.25. The normalized spacial score (nSPS) is 17.9. The van der Waals surface area contributed by atoms with Crippen LogP contribution in [0.3, 0.4) is 0 Å². The van der Waals surface area contributed by atoms with Crippen LogP contribution in [0.15, 0.2) is 22.7 Å². The lowest BCUT2D eigenvalue weighted by molar-refractivity contribution is 0.242. The number of halogens is 2. The lowest BCUT2D eigenvalue weighted by Crippen LogP contribution is -2.36. The molecular formula is C16H24BrFN2. The molecule has 20 heavy (non-hydrogen) atoms. The van der Waals surface area contributed by atoms with Crippen LogP contribution >= 0.6 is 15.9 Å². The molecule has 0 spiro atoms. The van der Waals surface area contributed by atoms with Crippen LogP contribution in [0.1, 0.15) is 44.2 Å². The van der Waals surface area contributed by atoms with E-state index in [4.69, 9.17) is 0 Å². The minimum atomic E-state index is -0.141. The van der Waals surface area contributed by atoms with E-state index < -0.39 is 0 Å². The van der Waals surface area contributed by atoms with Gasteiger partial charge in [-0.2, -0.15) is 0 Å². The first-order chi connectivity index (χ1) is 9.58. The zero-order chi connectivity index (χ0) is 14.5. The summed E-state index contributed by atoms with van der Waals surface area (Å²) in [6.07, 6.45) is 5.38.